The van der Waals surface area contributed by atoms with Gasteiger partial charge >= 0.3 is 5.91 Å². The van der Waals surface area contributed by atoms with E-state index in [1.165, 1.54) is 34.4 Å². The molecule has 1 aliphatic rings. The van der Waals surface area contributed by atoms with E-state index >= 15 is 0 Å². The van der Waals surface area contributed by atoms with Crippen molar-refractivity contribution in [2.45, 2.75) is 6.04 Å². The van der Waals surface area contributed by atoms with E-state index in [1.807, 2.05) is 6.07 Å². The van der Waals surface area contributed by atoms with Crippen molar-refractivity contribution in [1.82, 2.24) is 9.97 Å². The lowest BCUT2D eigenvalue weighted by atomic mass is 9.99. The zero-order valence-corrected chi connectivity index (χ0v) is 17.1. The number of hydrogen-bond donors (Lipinski definition) is 2. The number of Topliss-reactive ketones (excluding diaryl/α,β-unsaturated/α-hetero) is 1. The van der Waals surface area contributed by atoms with Gasteiger partial charge in [0.05, 0.1) is 21.5 Å². The molecule has 1 amide bonds. The molecule has 1 atom stereocenters. The van der Waals surface area contributed by atoms with Gasteiger partial charge in [-0.3, -0.25) is 24.6 Å². The summed E-state index contributed by atoms with van der Waals surface area (Å²) in [5.74, 6) is -2.06. The minimum atomic E-state index is -0.935. The van der Waals surface area contributed by atoms with Crippen LogP contribution in [0.2, 0.25) is 0 Å². The topological polar surface area (TPSA) is 129 Å². The van der Waals surface area contributed by atoms with Crippen molar-refractivity contribution in [3.05, 3.63) is 92.2 Å². The maximum atomic E-state index is 13.1. The highest BCUT2D eigenvalue weighted by Gasteiger charge is 2.48. The molecule has 2 N–H and O–H groups in total. The van der Waals surface area contributed by atoms with Crippen molar-refractivity contribution in [2.75, 3.05) is 4.90 Å². The number of aromatic nitrogens is 2. The molecule has 0 aliphatic carbocycles. The van der Waals surface area contributed by atoms with Crippen LogP contribution in [0.15, 0.2) is 71.6 Å². The number of carbonyl (C=O) groups is 2. The lowest BCUT2D eigenvalue weighted by Crippen LogP contribution is -2.30. The molecule has 1 fully saturated rings. The van der Waals surface area contributed by atoms with E-state index in [0.29, 0.717) is 15.9 Å². The number of para-hydroxylation sites is 2. The highest BCUT2D eigenvalue weighted by atomic mass is 32.1. The number of nitrogens with zero attached hydrogens (tertiary/aromatic N) is 3. The number of benzene rings is 2. The fraction of sp³-hybridized carbons (Fsp3) is 0.0455. The summed E-state index contributed by atoms with van der Waals surface area (Å²) in [5.41, 5.74) is 0.982. The van der Waals surface area contributed by atoms with Gasteiger partial charge in [0.2, 0.25) is 5.95 Å². The van der Waals surface area contributed by atoms with Crippen LogP contribution < -0.4 is 4.90 Å². The van der Waals surface area contributed by atoms with E-state index in [0.717, 1.165) is 6.07 Å². The summed E-state index contributed by atoms with van der Waals surface area (Å²) in [7, 11) is 0. The zero-order chi connectivity index (χ0) is 22.4. The molecule has 4 aromatic rings. The van der Waals surface area contributed by atoms with Crippen molar-refractivity contribution in [2.24, 2.45) is 0 Å². The number of rotatable bonds is 4. The van der Waals surface area contributed by atoms with Crippen LogP contribution in [0, 0.1) is 10.1 Å². The molecule has 1 saturated heterocycles. The average molecular weight is 446 g/mol. The normalized spacial score (nSPS) is 17.9. The second-order valence-corrected chi connectivity index (χ2v) is 8.05. The molecular weight excluding hydrogens is 432 g/mol. The number of nitro benzene ring substituents is 1. The van der Waals surface area contributed by atoms with Gasteiger partial charge in [-0.2, -0.15) is 0 Å². The Balaban J connectivity index is 1.71. The highest BCUT2D eigenvalue weighted by Crippen LogP contribution is 2.43. The molecule has 10 heteroatoms. The first kappa shape index (κ1) is 19.6. The Labute approximate surface area is 184 Å². The zero-order valence-electron chi connectivity index (χ0n) is 16.3. The molecule has 32 heavy (non-hydrogen) atoms. The van der Waals surface area contributed by atoms with Crippen molar-refractivity contribution in [3.8, 4) is 0 Å². The Bertz CT molecular complexity index is 1390. The molecule has 0 spiro atoms. The van der Waals surface area contributed by atoms with Crippen LogP contribution in [0.5, 0.6) is 0 Å². The van der Waals surface area contributed by atoms with Crippen LogP contribution >= 0.6 is 11.3 Å². The van der Waals surface area contributed by atoms with Crippen LogP contribution in [0.4, 0.5) is 11.6 Å². The third kappa shape index (κ3) is 3.05. The van der Waals surface area contributed by atoms with E-state index in [-0.39, 0.29) is 22.8 Å². The summed E-state index contributed by atoms with van der Waals surface area (Å²) in [6.45, 7) is 0. The summed E-state index contributed by atoms with van der Waals surface area (Å²) in [4.78, 5) is 46.1. The number of carbonyl (C=O) groups excluding carboxylic acids is 2. The van der Waals surface area contributed by atoms with Crippen LogP contribution in [-0.4, -0.2) is 31.7 Å². The number of nitrogens with one attached hydrogen (secondary N) is 1. The number of aliphatic hydroxyl groups is 1. The van der Waals surface area contributed by atoms with Crippen molar-refractivity contribution >= 4 is 51.5 Å². The average Bonchev–Trinajstić information content (AvgIpc) is 3.52. The van der Waals surface area contributed by atoms with Gasteiger partial charge in [0.1, 0.15) is 11.8 Å². The van der Waals surface area contributed by atoms with E-state index in [2.05, 4.69) is 9.97 Å². The lowest BCUT2D eigenvalue weighted by Gasteiger charge is -2.21. The van der Waals surface area contributed by atoms with E-state index in [9.17, 15) is 24.8 Å². The molecule has 5 rings (SSSR count). The molecule has 0 saturated carbocycles. The van der Waals surface area contributed by atoms with Crippen LogP contribution in [0.25, 0.3) is 16.8 Å². The largest absolute Gasteiger partial charge is 0.507 e. The van der Waals surface area contributed by atoms with Gasteiger partial charge < -0.3 is 10.1 Å². The van der Waals surface area contributed by atoms with Gasteiger partial charge in [-0.15, -0.1) is 11.3 Å². The third-order valence-electron chi connectivity index (χ3n) is 5.19. The number of hydrogen-bond acceptors (Lipinski definition) is 7. The predicted molar refractivity (Wildman–Crippen MR) is 118 cm³/mol. The number of H-pyrrole nitrogens is 1. The number of aliphatic hydroxyl groups excluding tert-OH is 1. The molecule has 1 aliphatic heterocycles. The number of aromatic amines is 1. The van der Waals surface area contributed by atoms with Gasteiger partial charge in [0, 0.05) is 22.6 Å². The maximum Gasteiger partial charge on any atom is 0.302 e. The number of anilines is 1. The fourth-order valence-corrected chi connectivity index (χ4v) is 4.57. The number of non-ortho nitro benzene ring substituents is 1. The lowest BCUT2D eigenvalue weighted by molar-refractivity contribution is -0.384. The van der Waals surface area contributed by atoms with Gasteiger partial charge in [-0.1, -0.05) is 30.3 Å². The molecule has 1 unspecified atom stereocenters. The first-order valence-electron chi connectivity index (χ1n) is 9.49. The predicted octanol–water partition coefficient (Wildman–Crippen LogP) is 4.16. The van der Waals surface area contributed by atoms with Gasteiger partial charge in [-0.05, 0) is 23.6 Å². The van der Waals surface area contributed by atoms with E-state index in [4.69, 9.17) is 0 Å². The van der Waals surface area contributed by atoms with E-state index < -0.39 is 28.4 Å². The minimum Gasteiger partial charge on any atom is -0.507 e. The summed E-state index contributed by atoms with van der Waals surface area (Å²) in [5, 5.41) is 24.0. The van der Waals surface area contributed by atoms with Gasteiger partial charge in [-0.25, -0.2) is 4.98 Å². The molecule has 0 bridgehead atoms. The van der Waals surface area contributed by atoms with Gasteiger partial charge in [0.15, 0.2) is 0 Å². The highest BCUT2D eigenvalue weighted by molar-refractivity contribution is 7.10. The van der Waals surface area contributed by atoms with Crippen LogP contribution in [0.3, 0.4) is 0 Å². The van der Waals surface area contributed by atoms with Gasteiger partial charge in [0.25, 0.3) is 11.5 Å². The van der Waals surface area contributed by atoms with Crippen molar-refractivity contribution in [3.63, 3.8) is 0 Å². The van der Waals surface area contributed by atoms with E-state index in [1.54, 1.807) is 35.7 Å². The Morgan fingerprint density at radius 1 is 1.12 bits per heavy atom. The third-order valence-corrected chi connectivity index (χ3v) is 6.12. The number of fused-ring (bicyclic) bond motifs is 1. The van der Waals surface area contributed by atoms with Crippen molar-refractivity contribution in [1.29, 1.82) is 0 Å². The van der Waals surface area contributed by atoms with Crippen molar-refractivity contribution < 1.29 is 19.6 Å². The number of ketones is 1. The maximum absolute atomic E-state index is 13.1. The minimum absolute atomic E-state index is 0.0726. The number of thiophene rings is 1. The Hall–Kier alpha value is -4.31. The molecule has 3 heterocycles. The Morgan fingerprint density at radius 2 is 1.94 bits per heavy atom. The summed E-state index contributed by atoms with van der Waals surface area (Å²) < 4.78 is 0. The van der Waals surface area contributed by atoms with Crippen LogP contribution in [-0.2, 0) is 9.59 Å². The first-order valence-corrected chi connectivity index (χ1v) is 10.4. The summed E-state index contributed by atoms with van der Waals surface area (Å²) >= 11 is 1.31. The SMILES string of the molecule is O=C1C(=O)N(c2nc3ccccc3[nH]2)C(c2cccs2)/C1=C(\O)c1cccc([N+](=O)[O-])c1. The first-order chi connectivity index (χ1) is 15.5. The monoisotopic (exact) mass is 446 g/mol. The molecule has 2 aromatic heterocycles. The fourth-order valence-electron chi connectivity index (χ4n) is 3.74. The van der Waals surface area contributed by atoms with Crippen LogP contribution in [0.1, 0.15) is 16.5 Å². The molecule has 158 valence electrons. The Morgan fingerprint density at radius 3 is 2.66 bits per heavy atom. The second-order valence-electron chi connectivity index (χ2n) is 7.07. The molecular formula is C22H14N4O5S. The summed E-state index contributed by atoms with van der Waals surface area (Å²) in [6.07, 6.45) is 0. The molecule has 0 radical (unpaired) electrons. The quantitative estimate of drug-likeness (QED) is 0.159. The number of amides is 1. The standard InChI is InChI=1S/C22H14N4O5S/c27-19(12-5-3-6-13(11-12)26(30)31)17-18(16-9-4-10-32-16)25(21(29)20(17)28)22-23-14-7-1-2-8-15(14)24-22/h1-11,18,27H,(H,23,24)/b19-17+. The molecule has 2 aromatic carbocycles. The smallest absolute Gasteiger partial charge is 0.302 e. The summed E-state index contributed by atoms with van der Waals surface area (Å²) in [6, 6.07) is 15.1. The Kier molecular flexibility index (Phi) is 4.56. The second kappa shape index (κ2) is 7.43. The number of imidazole rings is 1. The molecule has 9 nitrogen and oxygen atoms in total. The number of nitro groups is 1.